The van der Waals surface area contributed by atoms with Crippen molar-refractivity contribution in [1.82, 2.24) is 4.98 Å². The fourth-order valence-corrected chi connectivity index (χ4v) is 2.56. The Morgan fingerprint density at radius 2 is 2.44 bits per heavy atom. The minimum atomic E-state index is 0.524. The standard InChI is InChI=1S/C14H19N3O/c1-18-11-12-5-2-3-8-17(10-12)14-6-4-7-16-13(14)9-15/h4,6-7,12H,2-3,5,8,10-11H2,1H3. The van der Waals surface area contributed by atoms with Crippen LogP contribution in [0.1, 0.15) is 25.0 Å². The van der Waals surface area contributed by atoms with Crippen LogP contribution in [-0.4, -0.2) is 31.8 Å². The molecule has 0 bridgehead atoms. The molecule has 1 aromatic heterocycles. The Balaban J connectivity index is 2.17. The molecule has 1 aliphatic rings. The van der Waals surface area contributed by atoms with Crippen LogP contribution in [0.25, 0.3) is 0 Å². The molecule has 0 aromatic carbocycles. The molecule has 0 amide bonds. The Bertz CT molecular complexity index is 427. The summed E-state index contributed by atoms with van der Waals surface area (Å²) in [6.45, 7) is 2.74. The Hall–Kier alpha value is -1.60. The highest BCUT2D eigenvalue weighted by atomic mass is 16.5. The van der Waals surface area contributed by atoms with E-state index in [0.29, 0.717) is 11.6 Å². The molecule has 0 radical (unpaired) electrons. The van der Waals surface area contributed by atoms with E-state index in [2.05, 4.69) is 16.0 Å². The van der Waals surface area contributed by atoms with Gasteiger partial charge in [0.1, 0.15) is 6.07 Å². The first-order valence-corrected chi connectivity index (χ1v) is 6.44. The molecule has 0 saturated carbocycles. The zero-order valence-electron chi connectivity index (χ0n) is 10.8. The monoisotopic (exact) mass is 245 g/mol. The summed E-state index contributed by atoms with van der Waals surface area (Å²) < 4.78 is 5.27. The van der Waals surface area contributed by atoms with E-state index in [1.807, 2.05) is 12.1 Å². The minimum absolute atomic E-state index is 0.524. The quantitative estimate of drug-likeness (QED) is 0.819. The number of anilines is 1. The molecule has 2 rings (SSSR count). The first-order chi connectivity index (χ1) is 8.85. The fourth-order valence-electron chi connectivity index (χ4n) is 2.56. The molecule has 96 valence electrons. The Morgan fingerprint density at radius 3 is 3.22 bits per heavy atom. The van der Waals surface area contributed by atoms with Crippen molar-refractivity contribution in [3.8, 4) is 6.07 Å². The molecule has 1 saturated heterocycles. The number of hydrogen-bond donors (Lipinski definition) is 0. The average Bonchev–Trinajstić information content (AvgIpc) is 2.65. The maximum atomic E-state index is 9.12. The van der Waals surface area contributed by atoms with E-state index in [1.54, 1.807) is 13.3 Å². The van der Waals surface area contributed by atoms with Crippen LogP contribution in [0.3, 0.4) is 0 Å². The molecular weight excluding hydrogens is 226 g/mol. The molecule has 1 atom stereocenters. The van der Waals surface area contributed by atoms with Gasteiger partial charge >= 0.3 is 0 Å². The highest BCUT2D eigenvalue weighted by Crippen LogP contribution is 2.24. The van der Waals surface area contributed by atoms with Gasteiger partial charge in [0.15, 0.2) is 5.69 Å². The van der Waals surface area contributed by atoms with Crippen LogP contribution in [0.15, 0.2) is 18.3 Å². The smallest absolute Gasteiger partial charge is 0.163 e. The Labute approximate surface area is 108 Å². The lowest BCUT2D eigenvalue weighted by Crippen LogP contribution is -2.30. The molecule has 4 heteroatoms. The molecule has 1 aromatic rings. The van der Waals surface area contributed by atoms with E-state index in [-0.39, 0.29) is 0 Å². The molecule has 0 spiro atoms. The van der Waals surface area contributed by atoms with Crippen molar-refractivity contribution >= 4 is 5.69 Å². The summed E-state index contributed by atoms with van der Waals surface area (Å²) in [5, 5.41) is 9.12. The van der Waals surface area contributed by atoms with Crippen LogP contribution in [0.4, 0.5) is 5.69 Å². The second-order valence-corrected chi connectivity index (χ2v) is 4.75. The van der Waals surface area contributed by atoms with Crippen LogP contribution in [-0.2, 0) is 4.74 Å². The van der Waals surface area contributed by atoms with Gasteiger partial charge in [-0.2, -0.15) is 5.26 Å². The van der Waals surface area contributed by atoms with Crippen molar-refractivity contribution in [2.75, 3.05) is 31.7 Å². The summed E-state index contributed by atoms with van der Waals surface area (Å²) in [6.07, 6.45) is 5.27. The molecule has 0 aliphatic carbocycles. The van der Waals surface area contributed by atoms with E-state index >= 15 is 0 Å². The Morgan fingerprint density at radius 1 is 1.56 bits per heavy atom. The van der Waals surface area contributed by atoms with Gasteiger partial charge in [0.2, 0.25) is 0 Å². The van der Waals surface area contributed by atoms with Gasteiger partial charge in [-0.05, 0) is 30.9 Å². The predicted octanol–water partition coefficient (Wildman–Crippen LogP) is 2.21. The van der Waals surface area contributed by atoms with Crippen molar-refractivity contribution in [2.45, 2.75) is 19.3 Å². The number of ether oxygens (including phenoxy) is 1. The average molecular weight is 245 g/mol. The van der Waals surface area contributed by atoms with Crippen molar-refractivity contribution < 1.29 is 4.74 Å². The molecular formula is C14H19N3O. The third kappa shape index (κ3) is 2.99. The first kappa shape index (κ1) is 12.8. The second-order valence-electron chi connectivity index (χ2n) is 4.75. The molecule has 1 unspecified atom stereocenters. The zero-order chi connectivity index (χ0) is 12.8. The SMILES string of the molecule is COCC1CCCCN(c2cccnc2C#N)C1. The summed E-state index contributed by atoms with van der Waals surface area (Å²) in [4.78, 5) is 6.42. The summed E-state index contributed by atoms with van der Waals surface area (Å²) in [5.74, 6) is 0.546. The summed E-state index contributed by atoms with van der Waals surface area (Å²) in [5.41, 5.74) is 1.48. The lowest BCUT2D eigenvalue weighted by Gasteiger charge is -2.26. The molecule has 0 N–H and O–H groups in total. The fraction of sp³-hybridized carbons (Fsp3) is 0.571. The molecule has 4 nitrogen and oxygen atoms in total. The van der Waals surface area contributed by atoms with Gasteiger partial charge < -0.3 is 9.64 Å². The molecule has 18 heavy (non-hydrogen) atoms. The number of methoxy groups -OCH3 is 1. The summed E-state index contributed by atoms with van der Waals surface area (Å²) in [6, 6.07) is 6.06. The van der Waals surface area contributed by atoms with E-state index in [1.165, 1.54) is 19.3 Å². The number of rotatable bonds is 3. The number of aromatic nitrogens is 1. The summed E-state index contributed by atoms with van der Waals surface area (Å²) >= 11 is 0. The summed E-state index contributed by atoms with van der Waals surface area (Å²) in [7, 11) is 1.75. The van der Waals surface area contributed by atoms with Crippen LogP contribution in [0, 0.1) is 17.2 Å². The van der Waals surface area contributed by atoms with Crippen LogP contribution >= 0.6 is 0 Å². The maximum Gasteiger partial charge on any atom is 0.163 e. The number of pyridine rings is 1. The van der Waals surface area contributed by atoms with Crippen LogP contribution < -0.4 is 4.90 Å². The third-order valence-electron chi connectivity index (χ3n) is 3.40. The van der Waals surface area contributed by atoms with Gasteiger partial charge in [-0.15, -0.1) is 0 Å². The first-order valence-electron chi connectivity index (χ1n) is 6.44. The molecule has 2 heterocycles. The number of nitrogens with zero attached hydrogens (tertiary/aromatic N) is 3. The minimum Gasteiger partial charge on any atom is -0.384 e. The molecule has 1 fully saturated rings. The number of nitriles is 1. The van der Waals surface area contributed by atoms with Crippen molar-refractivity contribution in [3.05, 3.63) is 24.0 Å². The van der Waals surface area contributed by atoms with Crippen LogP contribution in [0.2, 0.25) is 0 Å². The topological polar surface area (TPSA) is 49.1 Å². The predicted molar refractivity (Wildman–Crippen MR) is 70.4 cm³/mol. The van der Waals surface area contributed by atoms with E-state index in [0.717, 1.165) is 25.4 Å². The maximum absolute atomic E-state index is 9.12. The lowest BCUT2D eigenvalue weighted by atomic mass is 10.0. The van der Waals surface area contributed by atoms with Gasteiger partial charge in [0, 0.05) is 26.4 Å². The van der Waals surface area contributed by atoms with Gasteiger partial charge in [0.25, 0.3) is 0 Å². The number of hydrogen-bond acceptors (Lipinski definition) is 4. The van der Waals surface area contributed by atoms with E-state index < -0.39 is 0 Å². The van der Waals surface area contributed by atoms with Gasteiger partial charge in [-0.1, -0.05) is 6.42 Å². The van der Waals surface area contributed by atoms with Gasteiger partial charge in [-0.25, -0.2) is 4.98 Å². The van der Waals surface area contributed by atoms with E-state index in [9.17, 15) is 0 Å². The van der Waals surface area contributed by atoms with Gasteiger partial charge in [-0.3, -0.25) is 0 Å². The van der Waals surface area contributed by atoms with Gasteiger partial charge in [0.05, 0.1) is 12.3 Å². The highest BCUT2D eigenvalue weighted by Gasteiger charge is 2.20. The molecule has 1 aliphatic heterocycles. The highest BCUT2D eigenvalue weighted by molar-refractivity contribution is 5.55. The van der Waals surface area contributed by atoms with Crippen molar-refractivity contribution in [3.63, 3.8) is 0 Å². The largest absolute Gasteiger partial charge is 0.384 e. The third-order valence-corrected chi connectivity index (χ3v) is 3.40. The van der Waals surface area contributed by atoms with E-state index in [4.69, 9.17) is 10.00 Å². The normalized spacial score (nSPS) is 20.2. The lowest BCUT2D eigenvalue weighted by molar-refractivity contribution is 0.151. The van der Waals surface area contributed by atoms with Crippen molar-refractivity contribution in [1.29, 1.82) is 5.26 Å². The second kappa shape index (κ2) is 6.36. The van der Waals surface area contributed by atoms with Crippen LogP contribution in [0.5, 0.6) is 0 Å². The zero-order valence-corrected chi connectivity index (χ0v) is 10.8. The van der Waals surface area contributed by atoms with Crippen molar-refractivity contribution in [2.24, 2.45) is 5.92 Å². The Kier molecular flexibility index (Phi) is 4.54.